The predicted molar refractivity (Wildman–Crippen MR) is 40.9 cm³/mol. The molecule has 1 nitrogen and oxygen atoms in total. The van der Waals surface area contributed by atoms with Crippen molar-refractivity contribution in [3.63, 3.8) is 0 Å². The fourth-order valence-corrected chi connectivity index (χ4v) is 0.847. The summed E-state index contributed by atoms with van der Waals surface area (Å²) in [5, 5.41) is 0. The van der Waals surface area contributed by atoms with Gasteiger partial charge in [-0.05, 0) is 12.1 Å². The van der Waals surface area contributed by atoms with Crippen molar-refractivity contribution in [1.82, 2.24) is 0 Å². The second-order valence-corrected chi connectivity index (χ2v) is 2.46. The Morgan fingerprint density at radius 2 is 1.71 bits per heavy atom. The smallest absolute Gasteiger partial charge is 0.223 e. The van der Waals surface area contributed by atoms with Gasteiger partial charge in [0.05, 0.1) is 5.56 Å². The maximum Gasteiger partial charge on any atom is 0.223 e. The standard InChI is InChI=1S/C9H4F4O/c1-4(10)9(14)5-2-3-6(11)8(13)7(5)12/h2-3H,1H2. The lowest BCUT2D eigenvalue weighted by Gasteiger charge is -2.01. The Balaban J connectivity index is 3.31. The van der Waals surface area contributed by atoms with Crippen LogP contribution in [0.2, 0.25) is 0 Å². The van der Waals surface area contributed by atoms with E-state index in [1.807, 2.05) is 0 Å². The van der Waals surface area contributed by atoms with Crippen LogP contribution in [0.3, 0.4) is 0 Å². The third-order valence-electron chi connectivity index (χ3n) is 1.53. The molecule has 1 aromatic rings. The first-order chi connectivity index (χ1) is 6.45. The fourth-order valence-electron chi connectivity index (χ4n) is 0.847. The average Bonchev–Trinajstić information content (AvgIpc) is 2.13. The van der Waals surface area contributed by atoms with Crippen LogP contribution in [0.5, 0.6) is 0 Å². The highest BCUT2D eigenvalue weighted by atomic mass is 19.2. The summed E-state index contributed by atoms with van der Waals surface area (Å²) in [6.07, 6.45) is 0. The SMILES string of the molecule is C=C(F)C(=O)c1ccc(F)c(F)c1F. The molecule has 0 radical (unpaired) electrons. The Morgan fingerprint density at radius 1 is 1.14 bits per heavy atom. The minimum Gasteiger partial charge on any atom is -0.286 e. The van der Waals surface area contributed by atoms with Gasteiger partial charge in [0.2, 0.25) is 5.78 Å². The summed E-state index contributed by atoms with van der Waals surface area (Å²) in [7, 11) is 0. The molecular weight excluding hydrogens is 200 g/mol. The number of Topliss-reactive ketones (excluding diaryl/α,β-unsaturated/α-hetero) is 1. The zero-order valence-corrected chi connectivity index (χ0v) is 6.78. The molecule has 1 rings (SSSR count). The molecule has 0 fully saturated rings. The maximum atomic E-state index is 12.8. The summed E-state index contributed by atoms with van der Waals surface area (Å²) in [6, 6.07) is 1.19. The Labute approximate surface area is 76.7 Å². The summed E-state index contributed by atoms with van der Waals surface area (Å²) in [4.78, 5) is 10.8. The molecule has 0 spiro atoms. The topological polar surface area (TPSA) is 17.1 Å². The molecule has 1 aromatic carbocycles. The number of hydrogen-bond donors (Lipinski definition) is 0. The summed E-state index contributed by atoms with van der Waals surface area (Å²) in [6.45, 7) is 2.63. The number of ketones is 1. The zero-order chi connectivity index (χ0) is 10.9. The summed E-state index contributed by atoms with van der Waals surface area (Å²) < 4.78 is 50.0. The lowest BCUT2D eigenvalue weighted by Crippen LogP contribution is -2.05. The van der Waals surface area contributed by atoms with Crippen LogP contribution < -0.4 is 0 Å². The van der Waals surface area contributed by atoms with Crippen LogP contribution in [0.15, 0.2) is 24.5 Å². The van der Waals surface area contributed by atoms with E-state index in [9.17, 15) is 22.4 Å². The molecule has 0 aliphatic heterocycles. The monoisotopic (exact) mass is 204 g/mol. The van der Waals surface area contributed by atoms with Crippen LogP contribution in [0, 0.1) is 17.5 Å². The summed E-state index contributed by atoms with van der Waals surface area (Å²) in [5.74, 6) is -7.80. The highest BCUT2D eigenvalue weighted by molar-refractivity contribution is 6.06. The molecule has 5 heteroatoms. The summed E-state index contributed by atoms with van der Waals surface area (Å²) >= 11 is 0. The van der Waals surface area contributed by atoms with E-state index in [4.69, 9.17) is 0 Å². The van der Waals surface area contributed by atoms with E-state index in [-0.39, 0.29) is 0 Å². The van der Waals surface area contributed by atoms with Gasteiger partial charge in [0.15, 0.2) is 23.3 Å². The molecule has 0 amide bonds. The van der Waals surface area contributed by atoms with Gasteiger partial charge in [0.1, 0.15) is 0 Å². The molecule has 0 aliphatic carbocycles. The Bertz CT molecular complexity index is 412. The average molecular weight is 204 g/mol. The largest absolute Gasteiger partial charge is 0.286 e. The second kappa shape index (κ2) is 3.61. The van der Waals surface area contributed by atoms with Crippen molar-refractivity contribution in [3.8, 4) is 0 Å². The normalized spacial score (nSPS) is 10.0. The van der Waals surface area contributed by atoms with E-state index in [1.165, 1.54) is 0 Å². The number of benzene rings is 1. The van der Waals surface area contributed by atoms with Gasteiger partial charge in [-0.3, -0.25) is 4.79 Å². The Kier molecular flexibility index (Phi) is 2.69. The Hall–Kier alpha value is -1.65. The first-order valence-electron chi connectivity index (χ1n) is 3.47. The molecule has 0 heterocycles. The van der Waals surface area contributed by atoms with Crippen LogP contribution in [0.1, 0.15) is 10.4 Å². The fraction of sp³-hybridized carbons (Fsp3) is 0. The quantitative estimate of drug-likeness (QED) is 0.313. The number of rotatable bonds is 2. The van der Waals surface area contributed by atoms with Crippen LogP contribution >= 0.6 is 0 Å². The van der Waals surface area contributed by atoms with E-state index in [0.717, 1.165) is 0 Å². The van der Waals surface area contributed by atoms with Crippen molar-refractivity contribution in [2.45, 2.75) is 0 Å². The molecule has 0 saturated carbocycles. The molecule has 74 valence electrons. The van der Waals surface area contributed by atoms with Crippen LogP contribution in [-0.4, -0.2) is 5.78 Å². The van der Waals surface area contributed by atoms with Crippen molar-refractivity contribution in [3.05, 3.63) is 47.6 Å². The lowest BCUT2D eigenvalue weighted by atomic mass is 10.1. The van der Waals surface area contributed by atoms with Crippen molar-refractivity contribution in [2.75, 3.05) is 0 Å². The number of allylic oxidation sites excluding steroid dienone is 1. The number of carbonyl (C=O) groups excluding carboxylic acids is 1. The van der Waals surface area contributed by atoms with Gasteiger partial charge in [-0.15, -0.1) is 0 Å². The van der Waals surface area contributed by atoms with Crippen LogP contribution in [-0.2, 0) is 0 Å². The maximum absolute atomic E-state index is 12.8. The van der Waals surface area contributed by atoms with E-state index in [1.54, 1.807) is 0 Å². The highest BCUT2D eigenvalue weighted by Crippen LogP contribution is 2.17. The molecule has 0 bridgehead atoms. The van der Waals surface area contributed by atoms with Crippen molar-refractivity contribution < 1.29 is 22.4 Å². The van der Waals surface area contributed by atoms with Crippen molar-refractivity contribution in [2.24, 2.45) is 0 Å². The lowest BCUT2D eigenvalue weighted by molar-refractivity contribution is 0.1000. The van der Waals surface area contributed by atoms with Gasteiger partial charge in [-0.25, -0.2) is 17.6 Å². The molecule has 0 aliphatic rings. The van der Waals surface area contributed by atoms with E-state index in [2.05, 4.69) is 6.58 Å². The minimum atomic E-state index is -1.81. The van der Waals surface area contributed by atoms with E-state index >= 15 is 0 Å². The van der Waals surface area contributed by atoms with Gasteiger partial charge in [0, 0.05) is 0 Å². The molecule has 0 atom stereocenters. The first kappa shape index (κ1) is 10.4. The van der Waals surface area contributed by atoms with Crippen molar-refractivity contribution >= 4 is 5.78 Å². The predicted octanol–water partition coefficient (Wildman–Crippen LogP) is 2.77. The Morgan fingerprint density at radius 3 is 2.21 bits per heavy atom. The van der Waals surface area contributed by atoms with E-state index < -0.39 is 34.6 Å². The van der Waals surface area contributed by atoms with Gasteiger partial charge in [-0.1, -0.05) is 6.58 Å². The van der Waals surface area contributed by atoms with Crippen LogP contribution in [0.25, 0.3) is 0 Å². The number of carbonyl (C=O) groups is 1. The number of halogens is 4. The van der Waals surface area contributed by atoms with Gasteiger partial charge in [-0.2, -0.15) is 0 Å². The van der Waals surface area contributed by atoms with Crippen molar-refractivity contribution in [1.29, 1.82) is 0 Å². The molecule has 0 unspecified atom stereocenters. The molecule has 0 N–H and O–H groups in total. The molecule has 0 aromatic heterocycles. The van der Waals surface area contributed by atoms with Crippen LogP contribution in [0.4, 0.5) is 17.6 Å². The van der Waals surface area contributed by atoms with Gasteiger partial charge < -0.3 is 0 Å². The molecule has 14 heavy (non-hydrogen) atoms. The third kappa shape index (κ3) is 1.66. The van der Waals surface area contributed by atoms with Gasteiger partial charge >= 0.3 is 0 Å². The summed E-state index contributed by atoms with van der Waals surface area (Å²) in [5.41, 5.74) is -0.878. The van der Waals surface area contributed by atoms with E-state index in [0.29, 0.717) is 12.1 Å². The second-order valence-electron chi connectivity index (χ2n) is 2.46. The zero-order valence-electron chi connectivity index (χ0n) is 6.78. The minimum absolute atomic E-state index is 0.536. The van der Waals surface area contributed by atoms with Gasteiger partial charge in [0.25, 0.3) is 0 Å². The molecule has 0 saturated heterocycles. The highest BCUT2D eigenvalue weighted by Gasteiger charge is 2.20. The number of hydrogen-bond acceptors (Lipinski definition) is 1. The third-order valence-corrected chi connectivity index (χ3v) is 1.53. The first-order valence-corrected chi connectivity index (χ1v) is 3.47. The molecular formula is C9H4F4O.